The van der Waals surface area contributed by atoms with E-state index in [0.717, 1.165) is 17.7 Å². The van der Waals surface area contributed by atoms with Crippen LogP contribution in [0.2, 0.25) is 0 Å². The molecule has 3 aromatic carbocycles. The molecule has 0 aliphatic rings. The maximum atomic E-state index is 13.1. The molecule has 0 spiro atoms. The molecule has 4 aromatic rings. The van der Waals surface area contributed by atoms with E-state index < -0.39 is 11.7 Å². The highest BCUT2D eigenvalue weighted by molar-refractivity contribution is 6.04. The lowest BCUT2D eigenvalue weighted by Gasteiger charge is -2.17. The topological polar surface area (TPSA) is 53.5 Å². The Morgan fingerprint density at radius 1 is 0.750 bits per heavy atom. The first-order chi connectivity index (χ1) is 15.4. The van der Waals surface area contributed by atoms with E-state index in [4.69, 9.17) is 14.2 Å². The number of fused-ring (bicyclic) bond motifs is 1. The molecule has 0 atom stereocenters. The largest absolute Gasteiger partial charge is 0.497 e. The standard InChI is InChI=1S/C24H19F3N2O3/c1-30-17-10-6-15(7-11-17)21-18-12-19(31-2)23(32-3)20(22(18)29-13-28-21)14-4-8-16(9-5-14)24(25,26)27/h4-13H,1-3H3. The molecule has 4 rings (SSSR count). The minimum atomic E-state index is -4.43. The molecule has 5 nitrogen and oxygen atoms in total. The van der Waals surface area contributed by atoms with Crippen LogP contribution in [0.25, 0.3) is 33.3 Å². The summed E-state index contributed by atoms with van der Waals surface area (Å²) < 4.78 is 55.5. The fraction of sp³-hybridized carbons (Fsp3) is 0.167. The summed E-state index contributed by atoms with van der Waals surface area (Å²) in [6.45, 7) is 0. The van der Waals surface area contributed by atoms with Crippen molar-refractivity contribution in [1.82, 2.24) is 9.97 Å². The van der Waals surface area contributed by atoms with E-state index in [1.54, 1.807) is 13.2 Å². The van der Waals surface area contributed by atoms with Gasteiger partial charge >= 0.3 is 6.18 Å². The van der Waals surface area contributed by atoms with Crippen molar-refractivity contribution in [3.63, 3.8) is 0 Å². The summed E-state index contributed by atoms with van der Waals surface area (Å²) in [6, 6.07) is 14.0. The number of benzene rings is 3. The van der Waals surface area contributed by atoms with Gasteiger partial charge in [0.25, 0.3) is 0 Å². The summed E-state index contributed by atoms with van der Waals surface area (Å²) in [5.74, 6) is 1.50. The molecule has 0 N–H and O–H groups in total. The number of nitrogens with zero attached hydrogens (tertiary/aromatic N) is 2. The smallest absolute Gasteiger partial charge is 0.416 e. The minimum Gasteiger partial charge on any atom is -0.497 e. The van der Waals surface area contributed by atoms with Gasteiger partial charge in [0.2, 0.25) is 0 Å². The fourth-order valence-electron chi connectivity index (χ4n) is 3.59. The SMILES string of the molecule is COc1ccc(-c2ncnc3c(-c4ccc(C(F)(F)F)cc4)c(OC)c(OC)cc23)cc1. The third kappa shape index (κ3) is 3.79. The molecule has 0 fully saturated rings. The summed E-state index contributed by atoms with van der Waals surface area (Å²) in [5.41, 5.74) is 2.30. The maximum Gasteiger partial charge on any atom is 0.416 e. The van der Waals surface area contributed by atoms with Crippen molar-refractivity contribution >= 4 is 10.9 Å². The van der Waals surface area contributed by atoms with Crippen LogP contribution in [0.1, 0.15) is 5.56 Å². The lowest BCUT2D eigenvalue weighted by Crippen LogP contribution is -2.04. The van der Waals surface area contributed by atoms with E-state index in [2.05, 4.69) is 9.97 Å². The summed E-state index contributed by atoms with van der Waals surface area (Å²) >= 11 is 0. The number of methoxy groups -OCH3 is 3. The zero-order valence-electron chi connectivity index (χ0n) is 17.5. The van der Waals surface area contributed by atoms with Gasteiger partial charge in [-0.05, 0) is 48.0 Å². The molecule has 164 valence electrons. The summed E-state index contributed by atoms with van der Waals surface area (Å²) in [7, 11) is 4.56. The van der Waals surface area contributed by atoms with Crippen LogP contribution >= 0.6 is 0 Å². The first-order valence-corrected chi connectivity index (χ1v) is 9.59. The van der Waals surface area contributed by atoms with E-state index in [0.29, 0.717) is 45.0 Å². The molecule has 1 aromatic heterocycles. The molecule has 0 aliphatic carbocycles. The second-order valence-electron chi connectivity index (χ2n) is 6.91. The van der Waals surface area contributed by atoms with Crippen LogP contribution in [0.4, 0.5) is 13.2 Å². The Bertz CT molecular complexity index is 1250. The number of hydrogen-bond acceptors (Lipinski definition) is 5. The summed E-state index contributed by atoms with van der Waals surface area (Å²) in [5, 5.41) is 0.671. The van der Waals surface area contributed by atoms with Crippen molar-refractivity contribution in [2.75, 3.05) is 21.3 Å². The van der Waals surface area contributed by atoms with Gasteiger partial charge in [-0.25, -0.2) is 9.97 Å². The molecular weight excluding hydrogens is 421 g/mol. The van der Waals surface area contributed by atoms with Gasteiger partial charge in [0.15, 0.2) is 11.5 Å². The van der Waals surface area contributed by atoms with Crippen LogP contribution in [0.3, 0.4) is 0 Å². The molecule has 0 bridgehead atoms. The van der Waals surface area contributed by atoms with E-state index in [-0.39, 0.29) is 0 Å². The Morgan fingerprint density at radius 3 is 1.97 bits per heavy atom. The minimum absolute atomic E-state index is 0.374. The van der Waals surface area contributed by atoms with Crippen molar-refractivity contribution in [2.45, 2.75) is 6.18 Å². The average molecular weight is 440 g/mol. The van der Waals surface area contributed by atoms with Gasteiger partial charge in [0.05, 0.1) is 43.7 Å². The van der Waals surface area contributed by atoms with Gasteiger partial charge in [0, 0.05) is 10.9 Å². The Hall–Kier alpha value is -3.81. The Balaban J connectivity index is 1.99. The highest BCUT2D eigenvalue weighted by atomic mass is 19.4. The molecule has 32 heavy (non-hydrogen) atoms. The van der Waals surface area contributed by atoms with Gasteiger partial charge in [-0.2, -0.15) is 13.2 Å². The van der Waals surface area contributed by atoms with Crippen molar-refractivity contribution in [2.24, 2.45) is 0 Å². The van der Waals surface area contributed by atoms with Crippen molar-refractivity contribution < 1.29 is 27.4 Å². The van der Waals surface area contributed by atoms with Crippen LogP contribution in [0.5, 0.6) is 17.2 Å². The maximum absolute atomic E-state index is 13.1. The number of halogens is 3. The summed E-state index contributed by atoms with van der Waals surface area (Å²) in [4.78, 5) is 8.89. The number of ether oxygens (including phenoxy) is 3. The monoisotopic (exact) mass is 440 g/mol. The Labute approximate surface area is 182 Å². The quantitative estimate of drug-likeness (QED) is 0.381. The van der Waals surface area contributed by atoms with E-state index in [1.807, 2.05) is 24.3 Å². The normalized spacial score (nSPS) is 11.4. The second-order valence-corrected chi connectivity index (χ2v) is 6.91. The zero-order valence-corrected chi connectivity index (χ0v) is 17.5. The Kier molecular flexibility index (Phi) is 5.61. The van der Waals surface area contributed by atoms with Crippen LogP contribution in [-0.4, -0.2) is 31.3 Å². The van der Waals surface area contributed by atoms with Crippen LogP contribution in [0, 0.1) is 0 Å². The second kappa shape index (κ2) is 8.37. The lowest BCUT2D eigenvalue weighted by molar-refractivity contribution is -0.137. The molecule has 0 saturated heterocycles. The number of aromatic nitrogens is 2. The van der Waals surface area contributed by atoms with Crippen molar-refractivity contribution in [3.05, 3.63) is 66.5 Å². The molecule has 8 heteroatoms. The fourth-order valence-corrected chi connectivity index (χ4v) is 3.59. The lowest BCUT2D eigenvalue weighted by atomic mass is 9.96. The zero-order chi connectivity index (χ0) is 22.9. The predicted molar refractivity (Wildman–Crippen MR) is 115 cm³/mol. The molecule has 0 aliphatic heterocycles. The van der Waals surface area contributed by atoms with Crippen LogP contribution in [-0.2, 0) is 6.18 Å². The summed E-state index contributed by atoms with van der Waals surface area (Å²) in [6.07, 6.45) is -3.01. The molecule has 1 heterocycles. The highest BCUT2D eigenvalue weighted by Gasteiger charge is 2.30. The third-order valence-electron chi connectivity index (χ3n) is 5.14. The van der Waals surface area contributed by atoms with Gasteiger partial charge in [0.1, 0.15) is 12.1 Å². The number of hydrogen-bond donors (Lipinski definition) is 0. The highest BCUT2D eigenvalue weighted by Crippen LogP contribution is 2.45. The number of rotatable bonds is 5. The van der Waals surface area contributed by atoms with Crippen LogP contribution in [0.15, 0.2) is 60.9 Å². The molecule has 0 saturated carbocycles. The Morgan fingerprint density at radius 2 is 1.41 bits per heavy atom. The first kappa shape index (κ1) is 21.4. The van der Waals surface area contributed by atoms with E-state index in [9.17, 15) is 13.2 Å². The number of alkyl halides is 3. The van der Waals surface area contributed by atoms with Crippen LogP contribution < -0.4 is 14.2 Å². The predicted octanol–water partition coefficient (Wildman–Crippen LogP) is 6.01. The average Bonchev–Trinajstić information content (AvgIpc) is 2.82. The molecule has 0 amide bonds. The molecule has 0 radical (unpaired) electrons. The molecule has 0 unspecified atom stereocenters. The van der Waals surface area contributed by atoms with Gasteiger partial charge in [-0.1, -0.05) is 12.1 Å². The molecular formula is C24H19F3N2O3. The third-order valence-corrected chi connectivity index (χ3v) is 5.14. The van der Waals surface area contributed by atoms with Crippen molar-refractivity contribution in [3.8, 4) is 39.6 Å². The van der Waals surface area contributed by atoms with Gasteiger partial charge in [-0.15, -0.1) is 0 Å². The van der Waals surface area contributed by atoms with Gasteiger partial charge in [-0.3, -0.25) is 0 Å². The van der Waals surface area contributed by atoms with E-state index >= 15 is 0 Å². The van der Waals surface area contributed by atoms with Crippen molar-refractivity contribution in [1.29, 1.82) is 0 Å². The first-order valence-electron chi connectivity index (χ1n) is 9.59. The van der Waals surface area contributed by atoms with Gasteiger partial charge < -0.3 is 14.2 Å². The van der Waals surface area contributed by atoms with E-state index in [1.165, 1.54) is 32.7 Å².